The van der Waals surface area contributed by atoms with Gasteiger partial charge in [0.25, 0.3) is 0 Å². The van der Waals surface area contributed by atoms with Crippen LogP contribution < -0.4 is 10.2 Å². The van der Waals surface area contributed by atoms with Gasteiger partial charge in [-0.05, 0) is 31.2 Å². The zero-order valence-corrected chi connectivity index (χ0v) is 11.7. The molecule has 0 amide bonds. The molecule has 0 saturated carbocycles. The number of carbonyl (C=O) groups is 1. The summed E-state index contributed by atoms with van der Waals surface area (Å²) in [6, 6.07) is 6.94. The van der Waals surface area contributed by atoms with Gasteiger partial charge in [0.15, 0.2) is 11.2 Å². The van der Waals surface area contributed by atoms with E-state index < -0.39 is 11.5 Å². The summed E-state index contributed by atoms with van der Waals surface area (Å²) in [5.41, 5.74) is 0.349. The number of aromatic nitrogens is 2. The number of ether oxygens (including phenoxy) is 2. The van der Waals surface area contributed by atoms with E-state index in [4.69, 9.17) is 14.9 Å². The van der Waals surface area contributed by atoms with Crippen LogP contribution in [0.25, 0.3) is 11.3 Å². The Morgan fingerprint density at radius 2 is 2.05 bits per heavy atom. The lowest BCUT2D eigenvalue weighted by Gasteiger charge is -2.08. The third-order valence-corrected chi connectivity index (χ3v) is 2.78. The Morgan fingerprint density at radius 1 is 1.38 bits per heavy atom. The van der Waals surface area contributed by atoms with Crippen LogP contribution >= 0.6 is 0 Å². The van der Waals surface area contributed by atoms with Gasteiger partial charge in [-0.2, -0.15) is 4.73 Å². The number of esters is 1. The quantitative estimate of drug-likeness (QED) is 0.656. The molecule has 1 heterocycles. The highest BCUT2D eigenvalue weighted by Crippen LogP contribution is 2.20. The molecule has 1 aromatic carbocycles. The zero-order chi connectivity index (χ0) is 15.4. The van der Waals surface area contributed by atoms with Gasteiger partial charge in [-0.1, -0.05) is 0 Å². The van der Waals surface area contributed by atoms with E-state index in [1.807, 2.05) is 0 Å². The minimum absolute atomic E-state index is 0.165. The van der Waals surface area contributed by atoms with Gasteiger partial charge in [0, 0.05) is 5.56 Å². The van der Waals surface area contributed by atoms with E-state index in [0.29, 0.717) is 21.7 Å². The van der Waals surface area contributed by atoms with Gasteiger partial charge in [-0.15, -0.1) is 0 Å². The van der Waals surface area contributed by atoms with Crippen molar-refractivity contribution in [3.8, 4) is 17.0 Å². The number of benzene rings is 1. The maximum atomic E-state index is 11.8. The first kappa shape index (κ1) is 14.6. The average molecular weight is 289 g/mol. The summed E-state index contributed by atoms with van der Waals surface area (Å²) in [5.74, 6) is -0.0704. The maximum absolute atomic E-state index is 11.8. The highest BCUT2D eigenvalue weighted by atomic mass is 16.5. The molecule has 0 fully saturated rings. The molecule has 0 spiro atoms. The lowest BCUT2D eigenvalue weighted by Crippen LogP contribution is -2.28. The molecular formula is C14H15N3O4. The molecule has 0 atom stereocenters. The Bertz CT molecular complexity index is 707. The van der Waals surface area contributed by atoms with Crippen molar-refractivity contribution >= 4 is 5.97 Å². The molecular weight excluding hydrogens is 274 g/mol. The molecule has 0 radical (unpaired) electrons. The smallest absolute Gasteiger partial charge is 0.360 e. The van der Waals surface area contributed by atoms with Crippen molar-refractivity contribution in [1.29, 1.82) is 5.41 Å². The minimum Gasteiger partial charge on any atom is -0.497 e. The Hall–Kier alpha value is -2.83. The lowest BCUT2D eigenvalue weighted by atomic mass is 10.1. The number of methoxy groups -OCH3 is 1. The first-order valence-electron chi connectivity index (χ1n) is 6.26. The molecule has 7 nitrogen and oxygen atoms in total. The van der Waals surface area contributed by atoms with Gasteiger partial charge in [0.2, 0.25) is 0 Å². The fourth-order valence-electron chi connectivity index (χ4n) is 1.73. The molecule has 1 aromatic heterocycles. The van der Waals surface area contributed by atoms with Crippen molar-refractivity contribution in [3.05, 3.63) is 41.6 Å². The van der Waals surface area contributed by atoms with Gasteiger partial charge in [0.1, 0.15) is 5.75 Å². The van der Waals surface area contributed by atoms with Crippen molar-refractivity contribution < 1.29 is 19.5 Å². The largest absolute Gasteiger partial charge is 0.497 e. The van der Waals surface area contributed by atoms with Crippen molar-refractivity contribution in [2.45, 2.75) is 6.92 Å². The standard InChI is InChI=1S/C14H15N3O4/c1-3-21-14(18)12-13(15)17(19)8-11(16-12)9-4-6-10(20-2)7-5-9/h4-8,15,19H,3H2,1-2H3. The third-order valence-electron chi connectivity index (χ3n) is 2.78. The lowest BCUT2D eigenvalue weighted by molar-refractivity contribution is 0.0508. The van der Waals surface area contributed by atoms with Crippen LogP contribution in [0.5, 0.6) is 5.75 Å². The van der Waals surface area contributed by atoms with Crippen molar-refractivity contribution in [1.82, 2.24) is 9.71 Å². The van der Waals surface area contributed by atoms with Gasteiger partial charge >= 0.3 is 5.97 Å². The van der Waals surface area contributed by atoms with Crippen molar-refractivity contribution in [2.75, 3.05) is 13.7 Å². The molecule has 110 valence electrons. The molecule has 0 aliphatic heterocycles. The summed E-state index contributed by atoms with van der Waals surface area (Å²) in [5, 5.41) is 17.4. The molecule has 2 rings (SSSR count). The van der Waals surface area contributed by atoms with Crippen LogP contribution in [0.4, 0.5) is 0 Å². The highest BCUT2D eigenvalue weighted by molar-refractivity contribution is 5.87. The van der Waals surface area contributed by atoms with Crippen LogP contribution in [0.2, 0.25) is 0 Å². The van der Waals surface area contributed by atoms with Gasteiger partial charge < -0.3 is 14.7 Å². The monoisotopic (exact) mass is 289 g/mol. The van der Waals surface area contributed by atoms with E-state index in [1.54, 1.807) is 38.3 Å². The van der Waals surface area contributed by atoms with Crippen LogP contribution in [0.15, 0.2) is 30.5 Å². The molecule has 2 aromatic rings. The van der Waals surface area contributed by atoms with Crippen LogP contribution in [0, 0.1) is 5.41 Å². The van der Waals surface area contributed by atoms with E-state index in [9.17, 15) is 10.0 Å². The van der Waals surface area contributed by atoms with Gasteiger partial charge in [0.05, 0.1) is 25.6 Å². The number of nitrogens with zero attached hydrogens (tertiary/aromatic N) is 2. The second-order valence-electron chi connectivity index (χ2n) is 4.12. The number of nitrogens with one attached hydrogen (secondary N) is 1. The van der Waals surface area contributed by atoms with Gasteiger partial charge in [-0.25, -0.2) is 9.78 Å². The topological polar surface area (TPSA) is 97.4 Å². The molecule has 0 bridgehead atoms. The molecule has 0 saturated heterocycles. The van der Waals surface area contributed by atoms with E-state index in [1.165, 1.54) is 6.20 Å². The Labute approximate surface area is 120 Å². The maximum Gasteiger partial charge on any atom is 0.360 e. The van der Waals surface area contributed by atoms with E-state index >= 15 is 0 Å². The average Bonchev–Trinajstić information content (AvgIpc) is 2.50. The molecule has 2 N–H and O–H groups in total. The number of hydrogen-bond donors (Lipinski definition) is 2. The summed E-state index contributed by atoms with van der Waals surface area (Å²) in [7, 11) is 1.56. The highest BCUT2D eigenvalue weighted by Gasteiger charge is 2.15. The molecule has 0 aliphatic carbocycles. The molecule has 7 heteroatoms. The summed E-state index contributed by atoms with van der Waals surface area (Å²) >= 11 is 0. The summed E-state index contributed by atoms with van der Waals surface area (Å²) in [4.78, 5) is 15.8. The van der Waals surface area contributed by atoms with Crippen LogP contribution in [0.1, 0.15) is 17.4 Å². The third kappa shape index (κ3) is 3.02. The second-order valence-corrected chi connectivity index (χ2v) is 4.12. The summed E-state index contributed by atoms with van der Waals surface area (Å²) in [6.45, 7) is 1.82. The summed E-state index contributed by atoms with van der Waals surface area (Å²) in [6.07, 6.45) is 1.26. The normalized spacial score (nSPS) is 10.2. The molecule has 0 unspecified atom stereocenters. The first-order valence-corrected chi connectivity index (χ1v) is 6.26. The first-order chi connectivity index (χ1) is 10.1. The van der Waals surface area contributed by atoms with E-state index in [0.717, 1.165) is 0 Å². The predicted octanol–water partition coefficient (Wildman–Crippen LogP) is 1.45. The summed E-state index contributed by atoms with van der Waals surface area (Å²) < 4.78 is 10.4. The van der Waals surface area contributed by atoms with E-state index in [2.05, 4.69) is 4.98 Å². The Kier molecular flexibility index (Phi) is 4.22. The fourth-order valence-corrected chi connectivity index (χ4v) is 1.73. The number of hydrogen-bond acceptors (Lipinski definition) is 6. The number of carbonyl (C=O) groups excluding carboxylic acids is 1. The second kappa shape index (κ2) is 6.08. The van der Waals surface area contributed by atoms with Crippen LogP contribution in [-0.4, -0.2) is 34.6 Å². The molecule has 0 aliphatic rings. The Morgan fingerprint density at radius 3 is 2.62 bits per heavy atom. The SMILES string of the molecule is CCOC(=O)c1nc(-c2ccc(OC)cc2)cn(O)c1=N. The fraction of sp³-hybridized carbons (Fsp3) is 0.214. The Balaban J connectivity index is 2.49. The molecule has 21 heavy (non-hydrogen) atoms. The predicted molar refractivity (Wildman–Crippen MR) is 73.2 cm³/mol. The number of rotatable bonds is 4. The van der Waals surface area contributed by atoms with Gasteiger partial charge in [-0.3, -0.25) is 5.41 Å². The zero-order valence-electron chi connectivity index (χ0n) is 11.7. The van der Waals surface area contributed by atoms with Crippen LogP contribution in [0.3, 0.4) is 0 Å². The van der Waals surface area contributed by atoms with Crippen molar-refractivity contribution in [3.63, 3.8) is 0 Å². The van der Waals surface area contributed by atoms with E-state index in [-0.39, 0.29) is 12.3 Å². The van der Waals surface area contributed by atoms with Crippen LogP contribution in [-0.2, 0) is 4.74 Å². The minimum atomic E-state index is -0.749. The van der Waals surface area contributed by atoms with Crippen molar-refractivity contribution in [2.24, 2.45) is 0 Å².